The van der Waals surface area contributed by atoms with Crippen LogP contribution in [-0.2, 0) is 11.3 Å². The van der Waals surface area contributed by atoms with Crippen LogP contribution in [-0.4, -0.2) is 33.3 Å². The number of aryl methyl sites for hydroxylation is 2. The van der Waals surface area contributed by atoms with Crippen LogP contribution >= 0.6 is 11.3 Å². The van der Waals surface area contributed by atoms with Crippen LogP contribution in [0.2, 0.25) is 0 Å². The van der Waals surface area contributed by atoms with Gasteiger partial charge in [-0.2, -0.15) is 5.10 Å². The van der Waals surface area contributed by atoms with Crippen molar-refractivity contribution in [3.8, 4) is 0 Å². The van der Waals surface area contributed by atoms with Gasteiger partial charge in [-0.05, 0) is 26.7 Å². The molecule has 1 amide bonds. The molecule has 0 unspecified atom stereocenters. The number of nitrogens with one attached hydrogen (secondary N) is 1. The number of carbonyl (C=O) groups is 1. The lowest BCUT2D eigenvalue weighted by molar-refractivity contribution is -0.00947. The van der Waals surface area contributed by atoms with Crippen molar-refractivity contribution in [2.45, 2.75) is 45.4 Å². The molecule has 0 spiro atoms. The van der Waals surface area contributed by atoms with E-state index in [0.717, 1.165) is 30.6 Å². The van der Waals surface area contributed by atoms with E-state index in [1.54, 1.807) is 5.51 Å². The molecule has 2 aromatic rings. The summed E-state index contributed by atoms with van der Waals surface area (Å²) in [5.74, 6) is -0.0663. The summed E-state index contributed by atoms with van der Waals surface area (Å²) in [6.07, 6.45) is 5.55. The van der Waals surface area contributed by atoms with E-state index in [2.05, 4.69) is 15.4 Å². The number of thiazole rings is 1. The van der Waals surface area contributed by atoms with Gasteiger partial charge < -0.3 is 10.1 Å². The Morgan fingerprint density at radius 3 is 3.14 bits per heavy atom. The lowest BCUT2D eigenvalue weighted by Crippen LogP contribution is -2.42. The van der Waals surface area contributed by atoms with Gasteiger partial charge in [0.15, 0.2) is 0 Å². The molecule has 3 rings (SSSR count). The highest BCUT2D eigenvalue weighted by molar-refractivity contribution is 7.11. The van der Waals surface area contributed by atoms with E-state index in [9.17, 15) is 4.79 Å². The Morgan fingerprint density at radius 1 is 1.59 bits per heavy atom. The standard InChI is InChI=1S/C15H20N4O2S/c1-3-19-8-11(7-17-19)13-12(5-4-6-21-13)18-15(20)14-10(2)16-9-22-14/h7-9,12-13H,3-6H2,1-2H3,(H,18,20)/t12-,13+/m0/s1. The van der Waals surface area contributed by atoms with Crippen LogP contribution in [0, 0.1) is 6.92 Å². The van der Waals surface area contributed by atoms with Crippen LogP contribution in [0.25, 0.3) is 0 Å². The summed E-state index contributed by atoms with van der Waals surface area (Å²) in [6, 6.07) is -0.0303. The fourth-order valence-corrected chi connectivity index (χ4v) is 3.42. The molecule has 1 saturated heterocycles. The highest BCUT2D eigenvalue weighted by Gasteiger charge is 2.30. The van der Waals surface area contributed by atoms with Crippen LogP contribution in [0.15, 0.2) is 17.9 Å². The molecule has 0 aromatic carbocycles. The van der Waals surface area contributed by atoms with E-state index in [4.69, 9.17) is 4.74 Å². The maximum atomic E-state index is 12.4. The zero-order valence-electron chi connectivity index (χ0n) is 12.8. The quantitative estimate of drug-likeness (QED) is 0.938. The van der Waals surface area contributed by atoms with Crippen molar-refractivity contribution in [1.82, 2.24) is 20.1 Å². The predicted octanol–water partition coefficient (Wildman–Crippen LogP) is 2.32. The van der Waals surface area contributed by atoms with Crippen molar-refractivity contribution in [1.29, 1.82) is 0 Å². The highest BCUT2D eigenvalue weighted by Crippen LogP contribution is 2.28. The van der Waals surface area contributed by atoms with Gasteiger partial charge >= 0.3 is 0 Å². The van der Waals surface area contributed by atoms with Crippen molar-refractivity contribution in [3.63, 3.8) is 0 Å². The fraction of sp³-hybridized carbons (Fsp3) is 0.533. The Bertz CT molecular complexity index is 652. The van der Waals surface area contributed by atoms with Crippen LogP contribution in [0.4, 0.5) is 0 Å². The number of nitrogens with zero attached hydrogens (tertiary/aromatic N) is 3. The van der Waals surface area contributed by atoms with E-state index in [1.165, 1.54) is 11.3 Å². The smallest absolute Gasteiger partial charge is 0.263 e. The maximum Gasteiger partial charge on any atom is 0.263 e. The topological polar surface area (TPSA) is 69.0 Å². The van der Waals surface area contributed by atoms with Crippen LogP contribution in [0.5, 0.6) is 0 Å². The third-order valence-corrected chi connectivity index (χ3v) is 4.82. The Balaban J connectivity index is 1.75. The first kappa shape index (κ1) is 15.2. The number of ether oxygens (including phenoxy) is 1. The second-order valence-corrected chi connectivity index (χ2v) is 6.26. The first-order valence-electron chi connectivity index (χ1n) is 7.54. The Morgan fingerprint density at radius 2 is 2.45 bits per heavy atom. The first-order chi connectivity index (χ1) is 10.7. The van der Waals surface area contributed by atoms with Crippen LogP contribution in [0.3, 0.4) is 0 Å². The van der Waals surface area contributed by atoms with Gasteiger partial charge in [0.2, 0.25) is 0 Å². The minimum Gasteiger partial charge on any atom is -0.371 e. The molecule has 0 radical (unpaired) electrons. The van der Waals surface area contributed by atoms with E-state index >= 15 is 0 Å². The molecule has 2 atom stereocenters. The van der Waals surface area contributed by atoms with Gasteiger partial charge in [-0.15, -0.1) is 11.3 Å². The Hall–Kier alpha value is -1.73. The molecule has 0 saturated carbocycles. The average molecular weight is 320 g/mol. The number of carbonyl (C=O) groups excluding carboxylic acids is 1. The zero-order chi connectivity index (χ0) is 15.5. The molecule has 1 N–H and O–H groups in total. The second kappa shape index (κ2) is 6.58. The normalized spacial score (nSPS) is 21.7. The van der Waals surface area contributed by atoms with Gasteiger partial charge in [-0.1, -0.05) is 0 Å². The van der Waals surface area contributed by atoms with Crippen molar-refractivity contribution >= 4 is 17.2 Å². The molecule has 7 heteroatoms. The molecule has 3 heterocycles. The number of aromatic nitrogens is 3. The summed E-state index contributed by atoms with van der Waals surface area (Å²) in [7, 11) is 0. The Labute approximate surface area is 133 Å². The van der Waals surface area contributed by atoms with Gasteiger partial charge in [-0.25, -0.2) is 4.98 Å². The van der Waals surface area contributed by atoms with Gasteiger partial charge in [0, 0.05) is 24.9 Å². The molecule has 1 aliphatic rings. The average Bonchev–Trinajstić information content (AvgIpc) is 3.16. The molecule has 2 aromatic heterocycles. The third-order valence-electron chi connectivity index (χ3n) is 3.90. The summed E-state index contributed by atoms with van der Waals surface area (Å²) in [4.78, 5) is 17.2. The van der Waals surface area contributed by atoms with Crippen molar-refractivity contribution < 1.29 is 9.53 Å². The van der Waals surface area contributed by atoms with E-state index in [0.29, 0.717) is 11.5 Å². The lowest BCUT2D eigenvalue weighted by atomic mass is 9.98. The van der Waals surface area contributed by atoms with Gasteiger partial charge in [-0.3, -0.25) is 9.48 Å². The summed E-state index contributed by atoms with van der Waals surface area (Å²) in [6.45, 7) is 5.44. The lowest BCUT2D eigenvalue weighted by Gasteiger charge is -2.31. The second-order valence-electron chi connectivity index (χ2n) is 5.41. The molecule has 1 fully saturated rings. The van der Waals surface area contributed by atoms with E-state index in [1.807, 2.05) is 30.9 Å². The largest absolute Gasteiger partial charge is 0.371 e. The summed E-state index contributed by atoms with van der Waals surface area (Å²) in [5, 5.41) is 7.41. The van der Waals surface area contributed by atoms with Crippen molar-refractivity contribution in [2.24, 2.45) is 0 Å². The molecular weight excluding hydrogens is 300 g/mol. The van der Waals surface area contributed by atoms with Gasteiger partial charge in [0.1, 0.15) is 11.0 Å². The van der Waals surface area contributed by atoms with Gasteiger partial charge in [0.25, 0.3) is 5.91 Å². The highest BCUT2D eigenvalue weighted by atomic mass is 32.1. The molecule has 1 aliphatic heterocycles. The molecule has 118 valence electrons. The fourth-order valence-electron chi connectivity index (χ4n) is 2.71. The minimum atomic E-state index is -0.133. The van der Waals surface area contributed by atoms with Crippen molar-refractivity contribution in [2.75, 3.05) is 6.61 Å². The van der Waals surface area contributed by atoms with Crippen LogP contribution < -0.4 is 5.32 Å². The van der Waals surface area contributed by atoms with Crippen molar-refractivity contribution in [3.05, 3.63) is 34.0 Å². The number of rotatable bonds is 4. The molecule has 6 nitrogen and oxygen atoms in total. The maximum absolute atomic E-state index is 12.4. The summed E-state index contributed by atoms with van der Waals surface area (Å²) >= 11 is 1.37. The summed E-state index contributed by atoms with van der Waals surface area (Å²) < 4.78 is 7.78. The first-order valence-corrected chi connectivity index (χ1v) is 8.42. The van der Waals surface area contributed by atoms with Crippen LogP contribution in [0.1, 0.15) is 46.8 Å². The predicted molar refractivity (Wildman–Crippen MR) is 83.9 cm³/mol. The minimum absolute atomic E-state index is 0.0303. The number of hydrogen-bond donors (Lipinski definition) is 1. The summed E-state index contributed by atoms with van der Waals surface area (Å²) in [5.41, 5.74) is 3.49. The SMILES string of the molecule is CCn1cc([C@H]2OCCC[C@@H]2NC(=O)c2scnc2C)cn1. The zero-order valence-corrected chi connectivity index (χ0v) is 13.6. The third kappa shape index (κ3) is 3.05. The molecule has 0 bridgehead atoms. The van der Waals surface area contributed by atoms with E-state index in [-0.39, 0.29) is 18.1 Å². The monoisotopic (exact) mass is 320 g/mol. The Kier molecular flexibility index (Phi) is 4.54. The van der Waals surface area contributed by atoms with E-state index < -0.39 is 0 Å². The molecule has 0 aliphatic carbocycles. The molecular formula is C15H20N4O2S. The number of amides is 1. The number of hydrogen-bond acceptors (Lipinski definition) is 5. The molecule has 22 heavy (non-hydrogen) atoms. The van der Waals surface area contributed by atoms with Gasteiger partial charge in [0.05, 0.1) is 23.4 Å².